The van der Waals surface area contributed by atoms with Crippen LogP contribution in [0.2, 0.25) is 0 Å². The number of hydrogen-bond donors (Lipinski definition) is 2. The number of amides is 1. The summed E-state index contributed by atoms with van der Waals surface area (Å²) in [6.07, 6.45) is 3.63. The Morgan fingerprint density at radius 2 is 1.79 bits per heavy atom. The fourth-order valence-electron chi connectivity index (χ4n) is 1.78. The molecule has 19 heavy (non-hydrogen) atoms. The van der Waals surface area contributed by atoms with Crippen LogP contribution in [-0.4, -0.2) is 33.9 Å². The van der Waals surface area contributed by atoms with Gasteiger partial charge in [-0.3, -0.25) is 4.79 Å². The maximum absolute atomic E-state index is 12.1. The van der Waals surface area contributed by atoms with Crippen LogP contribution < -0.4 is 0 Å². The Labute approximate surface area is 110 Å². The van der Waals surface area contributed by atoms with Crippen LogP contribution in [0.4, 0.5) is 0 Å². The Morgan fingerprint density at radius 1 is 1.16 bits per heavy atom. The number of aromatic carboxylic acids is 1. The number of hydrogen-bond acceptors (Lipinski definition) is 2. The van der Waals surface area contributed by atoms with E-state index in [9.17, 15) is 9.59 Å². The number of carboxylic acids is 1. The van der Waals surface area contributed by atoms with E-state index in [2.05, 4.69) is 4.98 Å². The zero-order valence-corrected chi connectivity index (χ0v) is 10.5. The van der Waals surface area contributed by atoms with Gasteiger partial charge in [0.05, 0.1) is 5.56 Å². The third kappa shape index (κ3) is 3.01. The number of aromatic nitrogens is 1. The van der Waals surface area contributed by atoms with E-state index in [-0.39, 0.29) is 11.5 Å². The molecule has 1 aromatic heterocycles. The molecule has 0 aliphatic rings. The van der Waals surface area contributed by atoms with E-state index < -0.39 is 5.97 Å². The smallest absolute Gasteiger partial charge is 0.335 e. The minimum absolute atomic E-state index is 0.141. The summed E-state index contributed by atoms with van der Waals surface area (Å²) in [4.78, 5) is 27.4. The zero-order valence-electron chi connectivity index (χ0n) is 10.5. The van der Waals surface area contributed by atoms with E-state index in [1.807, 2.05) is 12.3 Å². The van der Waals surface area contributed by atoms with Crippen LogP contribution in [-0.2, 0) is 6.54 Å². The number of carbonyl (C=O) groups is 2. The number of aromatic amines is 1. The van der Waals surface area contributed by atoms with Crippen molar-refractivity contribution in [3.8, 4) is 0 Å². The number of nitrogens with one attached hydrogen (secondary N) is 1. The monoisotopic (exact) mass is 258 g/mol. The lowest BCUT2D eigenvalue weighted by molar-refractivity contribution is 0.0695. The molecule has 1 heterocycles. The second-order valence-electron chi connectivity index (χ2n) is 4.26. The summed E-state index contributed by atoms with van der Waals surface area (Å²) >= 11 is 0. The normalized spacial score (nSPS) is 10.2. The van der Waals surface area contributed by atoms with Gasteiger partial charge in [-0.05, 0) is 35.9 Å². The average Bonchev–Trinajstić information content (AvgIpc) is 2.90. The van der Waals surface area contributed by atoms with Crippen molar-refractivity contribution in [2.45, 2.75) is 6.54 Å². The Kier molecular flexibility index (Phi) is 3.66. The van der Waals surface area contributed by atoms with E-state index in [1.165, 1.54) is 24.3 Å². The van der Waals surface area contributed by atoms with Crippen molar-refractivity contribution in [2.24, 2.45) is 0 Å². The maximum atomic E-state index is 12.1. The van der Waals surface area contributed by atoms with Gasteiger partial charge >= 0.3 is 5.97 Å². The van der Waals surface area contributed by atoms with E-state index in [0.29, 0.717) is 12.1 Å². The third-order valence-corrected chi connectivity index (χ3v) is 2.81. The minimum Gasteiger partial charge on any atom is -0.478 e. The molecule has 2 aromatic rings. The molecule has 2 N–H and O–H groups in total. The molecule has 5 nitrogen and oxygen atoms in total. The van der Waals surface area contributed by atoms with E-state index in [4.69, 9.17) is 5.11 Å². The van der Waals surface area contributed by atoms with Gasteiger partial charge < -0.3 is 15.0 Å². The first-order valence-electron chi connectivity index (χ1n) is 5.78. The number of H-pyrrole nitrogens is 1. The summed E-state index contributed by atoms with van der Waals surface area (Å²) in [5.41, 5.74) is 1.66. The maximum Gasteiger partial charge on any atom is 0.335 e. The fraction of sp³-hybridized carbons (Fsp3) is 0.143. The predicted molar refractivity (Wildman–Crippen MR) is 70.0 cm³/mol. The summed E-state index contributed by atoms with van der Waals surface area (Å²) in [6, 6.07) is 7.81. The Balaban J connectivity index is 2.08. The lowest BCUT2D eigenvalue weighted by atomic mass is 10.1. The molecule has 0 saturated heterocycles. The van der Waals surface area contributed by atoms with Gasteiger partial charge in [0.15, 0.2) is 0 Å². The molecule has 0 bridgehead atoms. The number of benzene rings is 1. The summed E-state index contributed by atoms with van der Waals surface area (Å²) < 4.78 is 0. The molecular formula is C14H14N2O3. The highest BCUT2D eigenvalue weighted by atomic mass is 16.4. The molecule has 0 spiro atoms. The highest BCUT2D eigenvalue weighted by molar-refractivity contribution is 5.95. The summed E-state index contributed by atoms with van der Waals surface area (Å²) in [6.45, 7) is 0.503. The van der Waals surface area contributed by atoms with Crippen molar-refractivity contribution in [1.82, 2.24) is 9.88 Å². The molecule has 2 rings (SSSR count). The Bertz CT molecular complexity index is 573. The second kappa shape index (κ2) is 5.39. The van der Waals surface area contributed by atoms with Crippen LogP contribution in [0.15, 0.2) is 42.7 Å². The van der Waals surface area contributed by atoms with Crippen LogP contribution in [0.3, 0.4) is 0 Å². The first-order valence-corrected chi connectivity index (χ1v) is 5.78. The SMILES string of the molecule is CN(Cc1cc[nH]c1)C(=O)c1ccc(C(=O)O)cc1. The molecule has 98 valence electrons. The summed E-state index contributed by atoms with van der Waals surface area (Å²) in [5, 5.41) is 8.80. The summed E-state index contributed by atoms with van der Waals surface area (Å²) in [5.74, 6) is -1.14. The molecule has 0 radical (unpaired) electrons. The molecular weight excluding hydrogens is 244 g/mol. The van der Waals surface area contributed by atoms with Crippen molar-refractivity contribution in [3.05, 3.63) is 59.4 Å². The van der Waals surface area contributed by atoms with E-state index >= 15 is 0 Å². The topological polar surface area (TPSA) is 73.4 Å². The first-order chi connectivity index (χ1) is 9.08. The van der Waals surface area contributed by atoms with Gasteiger partial charge in [0.2, 0.25) is 0 Å². The fourth-order valence-corrected chi connectivity index (χ4v) is 1.78. The van der Waals surface area contributed by atoms with Crippen LogP contribution in [0.1, 0.15) is 26.3 Å². The van der Waals surface area contributed by atoms with Gasteiger partial charge in [0, 0.05) is 31.5 Å². The Morgan fingerprint density at radius 3 is 2.32 bits per heavy atom. The molecule has 0 fully saturated rings. The van der Waals surface area contributed by atoms with Gasteiger partial charge in [-0.2, -0.15) is 0 Å². The van der Waals surface area contributed by atoms with Gasteiger partial charge in [-0.15, -0.1) is 0 Å². The quantitative estimate of drug-likeness (QED) is 0.880. The number of nitrogens with zero attached hydrogens (tertiary/aromatic N) is 1. The number of carbonyl (C=O) groups excluding carboxylic acids is 1. The highest BCUT2D eigenvalue weighted by Gasteiger charge is 2.13. The van der Waals surface area contributed by atoms with Crippen molar-refractivity contribution in [2.75, 3.05) is 7.05 Å². The lowest BCUT2D eigenvalue weighted by Gasteiger charge is -2.16. The second-order valence-corrected chi connectivity index (χ2v) is 4.26. The van der Waals surface area contributed by atoms with Crippen molar-refractivity contribution < 1.29 is 14.7 Å². The zero-order chi connectivity index (χ0) is 13.8. The lowest BCUT2D eigenvalue weighted by Crippen LogP contribution is -2.26. The van der Waals surface area contributed by atoms with Crippen LogP contribution in [0.5, 0.6) is 0 Å². The van der Waals surface area contributed by atoms with Crippen molar-refractivity contribution >= 4 is 11.9 Å². The van der Waals surface area contributed by atoms with Gasteiger partial charge in [0.1, 0.15) is 0 Å². The van der Waals surface area contributed by atoms with Crippen LogP contribution >= 0.6 is 0 Å². The molecule has 0 aliphatic heterocycles. The van der Waals surface area contributed by atoms with Gasteiger partial charge in [-0.1, -0.05) is 0 Å². The molecule has 0 aliphatic carbocycles. The van der Waals surface area contributed by atoms with Crippen LogP contribution in [0.25, 0.3) is 0 Å². The van der Waals surface area contributed by atoms with Crippen molar-refractivity contribution in [3.63, 3.8) is 0 Å². The molecule has 0 saturated carbocycles. The largest absolute Gasteiger partial charge is 0.478 e. The molecule has 0 atom stereocenters. The third-order valence-electron chi connectivity index (χ3n) is 2.81. The average molecular weight is 258 g/mol. The molecule has 0 unspecified atom stereocenters. The first kappa shape index (κ1) is 12.9. The minimum atomic E-state index is -1.00. The highest BCUT2D eigenvalue weighted by Crippen LogP contribution is 2.09. The predicted octanol–water partition coefficient (Wildman–Crippen LogP) is 1.99. The molecule has 1 aromatic carbocycles. The van der Waals surface area contributed by atoms with Gasteiger partial charge in [-0.25, -0.2) is 4.79 Å². The number of carboxylic acid groups (broad SMARTS) is 1. The number of rotatable bonds is 4. The molecule has 1 amide bonds. The van der Waals surface area contributed by atoms with Crippen molar-refractivity contribution in [1.29, 1.82) is 0 Å². The standard InChI is InChI=1S/C14H14N2O3/c1-16(9-10-6-7-15-8-10)13(17)11-2-4-12(5-3-11)14(18)19/h2-8,15H,9H2,1H3,(H,18,19). The van der Waals surface area contributed by atoms with Crippen LogP contribution in [0, 0.1) is 0 Å². The summed E-state index contributed by atoms with van der Waals surface area (Å²) in [7, 11) is 1.71. The Hall–Kier alpha value is -2.56. The van der Waals surface area contributed by atoms with E-state index in [1.54, 1.807) is 18.1 Å². The van der Waals surface area contributed by atoms with E-state index in [0.717, 1.165) is 5.56 Å². The molecule has 5 heteroatoms. The van der Waals surface area contributed by atoms with Gasteiger partial charge in [0.25, 0.3) is 5.91 Å².